The number of nitrogen functional groups attached to an aromatic ring is 1. The van der Waals surface area contributed by atoms with E-state index in [1.54, 1.807) is 12.4 Å². The van der Waals surface area contributed by atoms with Crippen molar-refractivity contribution in [2.75, 3.05) is 11.1 Å². The molecule has 3 N–H and O–H groups in total. The first kappa shape index (κ1) is 11.5. The molecule has 2 aromatic heterocycles. The Hall–Kier alpha value is -2.62. The van der Waals surface area contributed by atoms with Gasteiger partial charge in [-0.15, -0.1) is 0 Å². The van der Waals surface area contributed by atoms with Crippen LogP contribution >= 0.6 is 0 Å². The minimum atomic E-state index is 0.634. The van der Waals surface area contributed by atoms with Crippen molar-refractivity contribution in [2.24, 2.45) is 0 Å². The van der Waals surface area contributed by atoms with E-state index in [0.29, 0.717) is 5.69 Å². The predicted molar refractivity (Wildman–Crippen MR) is 78.4 cm³/mol. The van der Waals surface area contributed by atoms with Gasteiger partial charge in [-0.05, 0) is 25.1 Å². The molecular weight excluding hydrogens is 236 g/mol. The molecule has 0 saturated carbocycles. The molecule has 0 fully saturated rings. The van der Waals surface area contributed by atoms with E-state index in [1.807, 2.05) is 37.3 Å². The first-order valence-corrected chi connectivity index (χ1v) is 6.06. The SMILES string of the molecule is Cc1ccc2cccc(Nc3cncc(N)c3)c2n1. The molecule has 0 atom stereocenters. The van der Waals surface area contributed by atoms with Crippen molar-refractivity contribution < 1.29 is 0 Å². The van der Waals surface area contributed by atoms with E-state index in [1.165, 1.54) is 0 Å². The molecule has 0 bridgehead atoms. The molecule has 94 valence electrons. The lowest BCUT2D eigenvalue weighted by Gasteiger charge is -2.09. The van der Waals surface area contributed by atoms with Gasteiger partial charge in [-0.3, -0.25) is 9.97 Å². The van der Waals surface area contributed by atoms with Gasteiger partial charge < -0.3 is 11.1 Å². The van der Waals surface area contributed by atoms with E-state index in [9.17, 15) is 0 Å². The van der Waals surface area contributed by atoms with Gasteiger partial charge in [0.2, 0.25) is 0 Å². The number of nitrogens with zero attached hydrogens (tertiary/aromatic N) is 2. The van der Waals surface area contributed by atoms with Crippen LogP contribution in [-0.4, -0.2) is 9.97 Å². The van der Waals surface area contributed by atoms with E-state index in [2.05, 4.69) is 21.4 Å². The Bertz CT molecular complexity index is 737. The third-order valence-corrected chi connectivity index (χ3v) is 2.90. The first-order valence-electron chi connectivity index (χ1n) is 6.06. The lowest BCUT2D eigenvalue weighted by atomic mass is 10.1. The summed E-state index contributed by atoms with van der Waals surface area (Å²) in [6.45, 7) is 1.98. The van der Waals surface area contributed by atoms with Crippen molar-refractivity contribution >= 4 is 28.0 Å². The number of hydrogen-bond donors (Lipinski definition) is 2. The maximum Gasteiger partial charge on any atom is 0.0939 e. The molecule has 19 heavy (non-hydrogen) atoms. The fourth-order valence-electron chi connectivity index (χ4n) is 2.03. The standard InChI is InChI=1S/C15H14N4/c1-10-5-6-11-3-2-4-14(15(11)18-10)19-13-7-12(16)8-17-9-13/h2-9,19H,16H2,1H3. The lowest BCUT2D eigenvalue weighted by Crippen LogP contribution is -1.96. The Morgan fingerprint density at radius 3 is 2.84 bits per heavy atom. The molecule has 3 rings (SSSR count). The Balaban J connectivity index is 2.07. The van der Waals surface area contributed by atoms with Crippen LogP contribution in [0.4, 0.5) is 17.1 Å². The van der Waals surface area contributed by atoms with E-state index in [0.717, 1.165) is 28.0 Å². The van der Waals surface area contributed by atoms with Gasteiger partial charge in [-0.1, -0.05) is 18.2 Å². The van der Waals surface area contributed by atoms with Crippen molar-refractivity contribution in [3.05, 3.63) is 54.5 Å². The number of aromatic nitrogens is 2. The highest BCUT2D eigenvalue weighted by atomic mass is 14.9. The van der Waals surface area contributed by atoms with Gasteiger partial charge in [0.1, 0.15) is 0 Å². The predicted octanol–water partition coefficient (Wildman–Crippen LogP) is 3.26. The minimum Gasteiger partial charge on any atom is -0.397 e. The normalized spacial score (nSPS) is 10.6. The summed E-state index contributed by atoms with van der Waals surface area (Å²) < 4.78 is 0. The molecule has 0 aliphatic heterocycles. The molecule has 4 nitrogen and oxygen atoms in total. The molecule has 0 aliphatic rings. The highest BCUT2D eigenvalue weighted by Gasteiger charge is 2.03. The quantitative estimate of drug-likeness (QED) is 0.732. The second-order valence-corrected chi connectivity index (χ2v) is 4.46. The number of benzene rings is 1. The monoisotopic (exact) mass is 250 g/mol. The highest BCUT2D eigenvalue weighted by Crippen LogP contribution is 2.25. The third kappa shape index (κ3) is 2.33. The number of rotatable bonds is 2. The fourth-order valence-corrected chi connectivity index (χ4v) is 2.03. The number of aryl methyl sites for hydroxylation is 1. The molecule has 3 aromatic rings. The van der Waals surface area contributed by atoms with Crippen molar-refractivity contribution in [3.8, 4) is 0 Å². The zero-order valence-electron chi connectivity index (χ0n) is 10.6. The van der Waals surface area contributed by atoms with Crippen LogP contribution in [0.25, 0.3) is 10.9 Å². The van der Waals surface area contributed by atoms with Gasteiger partial charge in [0.25, 0.3) is 0 Å². The van der Waals surface area contributed by atoms with E-state index >= 15 is 0 Å². The highest BCUT2D eigenvalue weighted by molar-refractivity contribution is 5.92. The number of nitrogens with two attached hydrogens (primary N) is 1. The van der Waals surface area contributed by atoms with Gasteiger partial charge in [-0.2, -0.15) is 0 Å². The van der Waals surface area contributed by atoms with E-state index in [4.69, 9.17) is 5.73 Å². The first-order chi connectivity index (χ1) is 9.22. The van der Waals surface area contributed by atoms with E-state index in [-0.39, 0.29) is 0 Å². The fraction of sp³-hybridized carbons (Fsp3) is 0.0667. The Morgan fingerprint density at radius 1 is 1.11 bits per heavy atom. The second-order valence-electron chi connectivity index (χ2n) is 4.46. The lowest BCUT2D eigenvalue weighted by molar-refractivity contribution is 1.25. The van der Waals surface area contributed by atoms with Gasteiger partial charge in [-0.25, -0.2) is 0 Å². The summed E-state index contributed by atoms with van der Waals surface area (Å²) in [6.07, 6.45) is 3.36. The second kappa shape index (κ2) is 4.57. The molecule has 0 aliphatic carbocycles. The Morgan fingerprint density at radius 2 is 2.00 bits per heavy atom. The molecular formula is C15H14N4. The summed E-state index contributed by atoms with van der Waals surface area (Å²) in [5.41, 5.74) is 10.1. The molecule has 1 aromatic carbocycles. The van der Waals surface area contributed by atoms with Crippen molar-refractivity contribution in [2.45, 2.75) is 6.92 Å². The zero-order chi connectivity index (χ0) is 13.2. The average molecular weight is 250 g/mol. The van der Waals surface area contributed by atoms with Gasteiger partial charge >= 0.3 is 0 Å². The molecule has 0 unspecified atom stereocenters. The maximum atomic E-state index is 5.73. The van der Waals surface area contributed by atoms with Crippen LogP contribution in [0.5, 0.6) is 0 Å². The number of pyridine rings is 2. The smallest absolute Gasteiger partial charge is 0.0939 e. The van der Waals surface area contributed by atoms with Crippen LogP contribution in [-0.2, 0) is 0 Å². The Kier molecular flexibility index (Phi) is 2.76. The summed E-state index contributed by atoms with van der Waals surface area (Å²) in [7, 11) is 0. The van der Waals surface area contributed by atoms with Gasteiger partial charge in [0.05, 0.1) is 28.8 Å². The topological polar surface area (TPSA) is 63.8 Å². The zero-order valence-corrected chi connectivity index (χ0v) is 10.6. The maximum absolute atomic E-state index is 5.73. The van der Waals surface area contributed by atoms with Crippen molar-refractivity contribution in [1.29, 1.82) is 0 Å². The van der Waals surface area contributed by atoms with Crippen LogP contribution in [0.15, 0.2) is 48.8 Å². The van der Waals surface area contributed by atoms with Gasteiger partial charge in [0, 0.05) is 17.3 Å². The Labute approximate surface area is 111 Å². The molecule has 2 heterocycles. The van der Waals surface area contributed by atoms with Crippen molar-refractivity contribution in [1.82, 2.24) is 9.97 Å². The molecule has 0 amide bonds. The van der Waals surface area contributed by atoms with Crippen LogP contribution in [0.1, 0.15) is 5.69 Å². The minimum absolute atomic E-state index is 0.634. The number of anilines is 3. The third-order valence-electron chi connectivity index (χ3n) is 2.90. The van der Waals surface area contributed by atoms with Crippen LogP contribution in [0, 0.1) is 6.92 Å². The largest absolute Gasteiger partial charge is 0.397 e. The van der Waals surface area contributed by atoms with Crippen LogP contribution < -0.4 is 11.1 Å². The van der Waals surface area contributed by atoms with E-state index < -0.39 is 0 Å². The molecule has 4 heteroatoms. The summed E-state index contributed by atoms with van der Waals surface area (Å²) in [6, 6.07) is 12.0. The summed E-state index contributed by atoms with van der Waals surface area (Å²) in [5, 5.41) is 4.41. The summed E-state index contributed by atoms with van der Waals surface area (Å²) in [5.74, 6) is 0. The number of nitrogens with one attached hydrogen (secondary N) is 1. The average Bonchev–Trinajstić information content (AvgIpc) is 2.39. The molecule has 0 radical (unpaired) electrons. The number of para-hydroxylation sites is 1. The number of fused-ring (bicyclic) bond motifs is 1. The van der Waals surface area contributed by atoms with Gasteiger partial charge in [0.15, 0.2) is 0 Å². The van der Waals surface area contributed by atoms with Crippen LogP contribution in [0.2, 0.25) is 0 Å². The molecule has 0 saturated heterocycles. The van der Waals surface area contributed by atoms with Crippen LogP contribution in [0.3, 0.4) is 0 Å². The number of hydrogen-bond acceptors (Lipinski definition) is 4. The van der Waals surface area contributed by atoms with Crippen molar-refractivity contribution in [3.63, 3.8) is 0 Å². The summed E-state index contributed by atoms with van der Waals surface area (Å²) >= 11 is 0. The molecule has 0 spiro atoms. The summed E-state index contributed by atoms with van der Waals surface area (Å²) in [4.78, 5) is 8.65.